The number of benzene rings is 3. The molecule has 0 bridgehead atoms. The van der Waals surface area contributed by atoms with E-state index >= 15 is 0 Å². The molecule has 124 valence electrons. The van der Waals surface area contributed by atoms with Crippen LogP contribution in [-0.2, 0) is 6.54 Å². The number of rotatable bonds is 3. The predicted molar refractivity (Wildman–Crippen MR) is 108 cm³/mol. The molecule has 1 heterocycles. The molecule has 0 N–H and O–H groups in total. The van der Waals surface area contributed by atoms with Gasteiger partial charge in [-0.25, -0.2) is 4.98 Å². The van der Waals surface area contributed by atoms with Crippen molar-refractivity contribution in [3.8, 4) is 11.4 Å². The third kappa shape index (κ3) is 3.20. The highest BCUT2D eigenvalue weighted by molar-refractivity contribution is 9.10. The molecule has 2 nitrogen and oxygen atoms in total. The number of hydrogen-bond acceptors (Lipinski definition) is 1. The number of imidazole rings is 1. The first-order chi connectivity index (χ1) is 12.1. The van der Waals surface area contributed by atoms with Crippen LogP contribution in [0.5, 0.6) is 0 Å². The zero-order valence-corrected chi connectivity index (χ0v) is 16.2. The van der Waals surface area contributed by atoms with E-state index in [0.717, 1.165) is 32.5 Å². The Morgan fingerprint density at radius 1 is 0.880 bits per heavy atom. The highest BCUT2D eigenvalue weighted by Gasteiger charge is 2.15. The first-order valence-corrected chi connectivity index (χ1v) is 9.32. The maximum atomic E-state index is 6.19. The summed E-state index contributed by atoms with van der Waals surface area (Å²) >= 11 is 15.9. The number of hydrogen-bond donors (Lipinski definition) is 0. The molecule has 0 saturated heterocycles. The van der Waals surface area contributed by atoms with Crippen molar-refractivity contribution < 1.29 is 0 Å². The predicted octanol–water partition coefficient (Wildman–Crippen LogP) is 6.82. The van der Waals surface area contributed by atoms with E-state index in [1.165, 1.54) is 0 Å². The maximum Gasteiger partial charge on any atom is 0.142 e. The summed E-state index contributed by atoms with van der Waals surface area (Å²) < 4.78 is 3.22. The van der Waals surface area contributed by atoms with Crippen molar-refractivity contribution in [3.63, 3.8) is 0 Å². The smallest absolute Gasteiger partial charge is 0.142 e. The van der Waals surface area contributed by atoms with Gasteiger partial charge >= 0.3 is 0 Å². The van der Waals surface area contributed by atoms with Crippen LogP contribution < -0.4 is 0 Å². The van der Waals surface area contributed by atoms with E-state index in [9.17, 15) is 0 Å². The minimum Gasteiger partial charge on any atom is -0.319 e. The van der Waals surface area contributed by atoms with Crippen molar-refractivity contribution in [1.29, 1.82) is 0 Å². The second-order valence-corrected chi connectivity index (χ2v) is 7.41. The Balaban J connectivity index is 1.90. The number of aromatic nitrogens is 2. The fourth-order valence-corrected chi connectivity index (χ4v) is 3.69. The van der Waals surface area contributed by atoms with Crippen molar-refractivity contribution in [1.82, 2.24) is 9.55 Å². The van der Waals surface area contributed by atoms with E-state index in [1.54, 1.807) is 0 Å². The van der Waals surface area contributed by atoms with Gasteiger partial charge in [-0.1, -0.05) is 75.5 Å². The van der Waals surface area contributed by atoms with E-state index in [-0.39, 0.29) is 0 Å². The average molecular weight is 432 g/mol. The van der Waals surface area contributed by atoms with E-state index in [0.29, 0.717) is 16.6 Å². The molecule has 5 heteroatoms. The molecule has 0 radical (unpaired) electrons. The van der Waals surface area contributed by atoms with Crippen LogP contribution in [0.3, 0.4) is 0 Å². The lowest BCUT2D eigenvalue weighted by atomic mass is 10.2. The number of para-hydroxylation sites is 2. The van der Waals surface area contributed by atoms with E-state index < -0.39 is 0 Å². The van der Waals surface area contributed by atoms with Crippen LogP contribution in [0.1, 0.15) is 5.56 Å². The second kappa shape index (κ2) is 6.83. The van der Waals surface area contributed by atoms with Crippen LogP contribution in [0, 0.1) is 0 Å². The third-order valence-corrected chi connectivity index (χ3v) is 5.52. The van der Waals surface area contributed by atoms with Gasteiger partial charge in [0.25, 0.3) is 0 Å². The van der Waals surface area contributed by atoms with Crippen molar-refractivity contribution in [2.24, 2.45) is 0 Å². The lowest BCUT2D eigenvalue weighted by molar-refractivity contribution is 0.834. The summed E-state index contributed by atoms with van der Waals surface area (Å²) in [6.07, 6.45) is 0. The van der Waals surface area contributed by atoms with Crippen LogP contribution in [0.2, 0.25) is 10.0 Å². The van der Waals surface area contributed by atoms with Crippen LogP contribution in [-0.4, -0.2) is 9.55 Å². The average Bonchev–Trinajstić information content (AvgIpc) is 2.97. The lowest BCUT2D eigenvalue weighted by Gasteiger charge is -2.11. The van der Waals surface area contributed by atoms with Gasteiger partial charge in [0.15, 0.2) is 0 Å². The van der Waals surface area contributed by atoms with Crippen LogP contribution in [0.15, 0.2) is 71.2 Å². The zero-order valence-electron chi connectivity index (χ0n) is 13.1. The Morgan fingerprint density at radius 2 is 1.64 bits per heavy atom. The molecule has 0 atom stereocenters. The molecule has 0 aliphatic rings. The molecular formula is C20H13BrCl2N2. The Kier molecular flexibility index (Phi) is 4.55. The summed E-state index contributed by atoms with van der Waals surface area (Å²) in [6, 6.07) is 22.0. The van der Waals surface area contributed by atoms with Crippen molar-refractivity contribution in [2.45, 2.75) is 6.54 Å². The topological polar surface area (TPSA) is 17.8 Å². The fourth-order valence-electron chi connectivity index (χ4n) is 2.90. The van der Waals surface area contributed by atoms with Crippen molar-refractivity contribution >= 4 is 50.2 Å². The third-order valence-electron chi connectivity index (χ3n) is 4.09. The van der Waals surface area contributed by atoms with E-state index in [4.69, 9.17) is 28.2 Å². The Labute approximate surface area is 164 Å². The highest BCUT2D eigenvalue weighted by Crippen LogP contribution is 2.31. The highest BCUT2D eigenvalue weighted by atomic mass is 79.9. The van der Waals surface area contributed by atoms with Crippen molar-refractivity contribution in [3.05, 3.63) is 86.8 Å². The van der Waals surface area contributed by atoms with Crippen molar-refractivity contribution in [2.75, 3.05) is 0 Å². The standard InChI is InChI=1S/C20H13BrCl2N2/c21-15-6-2-1-5-14(15)20-24-18-7-3-4-8-19(18)25(20)12-13-9-10-16(22)17(23)11-13/h1-11H,12H2. The molecule has 1 aromatic heterocycles. The summed E-state index contributed by atoms with van der Waals surface area (Å²) in [5.41, 5.74) is 4.18. The summed E-state index contributed by atoms with van der Waals surface area (Å²) in [5.74, 6) is 0.916. The van der Waals surface area contributed by atoms with Gasteiger partial charge in [-0.3, -0.25) is 0 Å². The fraction of sp³-hybridized carbons (Fsp3) is 0.0500. The van der Waals surface area contributed by atoms with E-state index in [1.807, 2.05) is 54.6 Å². The van der Waals surface area contributed by atoms with Gasteiger partial charge in [0.05, 0.1) is 21.1 Å². The first-order valence-electron chi connectivity index (χ1n) is 7.77. The molecule has 25 heavy (non-hydrogen) atoms. The molecule has 0 unspecified atom stereocenters. The van der Waals surface area contributed by atoms with Gasteiger partial charge in [0.2, 0.25) is 0 Å². The second-order valence-electron chi connectivity index (χ2n) is 5.74. The van der Waals surface area contributed by atoms with Crippen LogP contribution in [0.4, 0.5) is 0 Å². The summed E-state index contributed by atoms with van der Waals surface area (Å²) in [6.45, 7) is 0.661. The Hall–Kier alpha value is -1.81. The minimum atomic E-state index is 0.561. The Bertz CT molecular complexity index is 1070. The largest absolute Gasteiger partial charge is 0.319 e. The van der Waals surface area contributed by atoms with Gasteiger partial charge < -0.3 is 4.57 Å². The molecule has 0 saturated carbocycles. The maximum absolute atomic E-state index is 6.19. The van der Waals surface area contributed by atoms with Crippen LogP contribution >= 0.6 is 39.1 Å². The molecule has 4 aromatic rings. The Morgan fingerprint density at radius 3 is 2.44 bits per heavy atom. The lowest BCUT2D eigenvalue weighted by Crippen LogP contribution is -2.02. The SMILES string of the molecule is Clc1ccc(Cn2c(-c3ccccc3Br)nc3ccccc32)cc1Cl. The summed E-state index contributed by atoms with van der Waals surface area (Å²) in [7, 11) is 0. The van der Waals surface area contributed by atoms with Crippen LogP contribution in [0.25, 0.3) is 22.4 Å². The number of fused-ring (bicyclic) bond motifs is 1. The normalized spacial score (nSPS) is 11.2. The molecule has 0 fully saturated rings. The quantitative estimate of drug-likeness (QED) is 0.348. The molecular weight excluding hydrogens is 419 g/mol. The van der Waals surface area contributed by atoms with Gasteiger partial charge in [-0.05, 0) is 35.9 Å². The van der Waals surface area contributed by atoms with Gasteiger partial charge in [0.1, 0.15) is 5.82 Å². The molecule has 0 aliphatic carbocycles. The molecule has 0 aliphatic heterocycles. The minimum absolute atomic E-state index is 0.561. The summed E-state index contributed by atoms with van der Waals surface area (Å²) in [5, 5.41) is 1.12. The molecule has 0 amide bonds. The van der Waals surface area contributed by atoms with Gasteiger partial charge in [0, 0.05) is 16.6 Å². The van der Waals surface area contributed by atoms with Gasteiger partial charge in [-0.15, -0.1) is 0 Å². The zero-order chi connectivity index (χ0) is 17.4. The molecule has 0 spiro atoms. The molecule has 3 aromatic carbocycles. The molecule has 4 rings (SSSR count). The monoisotopic (exact) mass is 430 g/mol. The van der Waals surface area contributed by atoms with Gasteiger partial charge in [-0.2, -0.15) is 0 Å². The summed E-state index contributed by atoms with van der Waals surface area (Å²) in [4.78, 5) is 4.85. The first kappa shape index (κ1) is 16.6. The van der Waals surface area contributed by atoms with E-state index in [2.05, 4.69) is 32.6 Å². The number of halogens is 3. The number of nitrogens with zero attached hydrogens (tertiary/aromatic N) is 2.